The minimum Gasteiger partial charge on any atom is -0.493 e. The Kier molecular flexibility index (Phi) is 2.94. The van der Waals surface area contributed by atoms with Crippen molar-refractivity contribution in [2.24, 2.45) is 0 Å². The Labute approximate surface area is 74.9 Å². The molecule has 0 aliphatic heterocycles. The molecule has 0 aliphatic rings. The number of rotatable bonds is 3. The highest BCUT2D eigenvalue weighted by Crippen LogP contribution is 2.29. The zero-order valence-electron chi connectivity index (χ0n) is 6.41. The summed E-state index contributed by atoms with van der Waals surface area (Å²) < 4.78 is 9.53. The van der Waals surface area contributed by atoms with Gasteiger partial charge in [0.15, 0.2) is 11.5 Å². The van der Waals surface area contributed by atoms with Crippen LogP contribution in [0.3, 0.4) is 0 Å². The average Bonchev–Trinajstić information content (AvgIpc) is 2.05. The zero-order chi connectivity index (χ0) is 8.97. The first kappa shape index (κ1) is 8.87. The van der Waals surface area contributed by atoms with E-state index in [1.54, 1.807) is 12.1 Å². The molecule has 1 aromatic rings. The number of hydrogen-bond acceptors (Lipinski definition) is 3. The van der Waals surface area contributed by atoms with Gasteiger partial charge < -0.3 is 9.47 Å². The molecule has 0 fully saturated rings. The Balaban J connectivity index is 3.03. The quantitative estimate of drug-likeness (QED) is 0.677. The molecule has 0 N–H and O–H groups in total. The lowest BCUT2D eigenvalue weighted by atomic mass is 10.3. The smallest absolute Gasteiger partial charge is 0.298 e. The number of carbonyl (C=O) groups excluding carboxylic acids is 1. The van der Waals surface area contributed by atoms with E-state index in [1.165, 1.54) is 13.2 Å². The van der Waals surface area contributed by atoms with E-state index in [0.717, 1.165) is 0 Å². The summed E-state index contributed by atoms with van der Waals surface area (Å²) >= 11 is 5.66. The molecular formula is C8H7ClO3. The van der Waals surface area contributed by atoms with Crippen LogP contribution in [0.15, 0.2) is 18.2 Å². The summed E-state index contributed by atoms with van der Waals surface area (Å²) in [5, 5.41) is 0.493. The zero-order valence-corrected chi connectivity index (χ0v) is 7.17. The van der Waals surface area contributed by atoms with Crippen molar-refractivity contribution in [1.82, 2.24) is 0 Å². The van der Waals surface area contributed by atoms with Crippen LogP contribution in [0, 0.1) is 0 Å². The molecule has 3 nitrogen and oxygen atoms in total. The minimum absolute atomic E-state index is 0.319. The Morgan fingerprint density at radius 2 is 2.17 bits per heavy atom. The van der Waals surface area contributed by atoms with Crippen LogP contribution in [0.2, 0.25) is 5.02 Å². The van der Waals surface area contributed by atoms with Crippen molar-refractivity contribution < 1.29 is 14.3 Å². The SMILES string of the molecule is COc1ccc(Cl)cc1OC=O. The number of benzene rings is 1. The third-order valence-electron chi connectivity index (χ3n) is 1.30. The van der Waals surface area contributed by atoms with Gasteiger partial charge in [-0.2, -0.15) is 0 Å². The van der Waals surface area contributed by atoms with Crippen molar-refractivity contribution in [2.75, 3.05) is 7.11 Å². The van der Waals surface area contributed by atoms with Crippen LogP contribution in [0.5, 0.6) is 11.5 Å². The maximum atomic E-state index is 10.0. The molecule has 0 amide bonds. The maximum Gasteiger partial charge on any atom is 0.298 e. The second-order valence-electron chi connectivity index (χ2n) is 2.01. The van der Waals surface area contributed by atoms with E-state index in [4.69, 9.17) is 16.3 Å². The van der Waals surface area contributed by atoms with Crippen LogP contribution in [0.25, 0.3) is 0 Å². The highest BCUT2D eigenvalue weighted by molar-refractivity contribution is 6.30. The largest absolute Gasteiger partial charge is 0.493 e. The first-order chi connectivity index (χ1) is 5.77. The average molecular weight is 187 g/mol. The van der Waals surface area contributed by atoms with E-state index < -0.39 is 0 Å². The van der Waals surface area contributed by atoms with Crippen molar-refractivity contribution in [3.8, 4) is 11.5 Å². The molecule has 0 saturated carbocycles. The van der Waals surface area contributed by atoms with Gasteiger partial charge in [-0.25, -0.2) is 0 Å². The predicted octanol–water partition coefficient (Wildman–Crippen LogP) is 1.88. The summed E-state index contributed by atoms with van der Waals surface area (Å²) in [4.78, 5) is 10.0. The maximum absolute atomic E-state index is 10.0. The standard InChI is InChI=1S/C8H7ClO3/c1-11-7-3-2-6(9)4-8(7)12-5-10/h2-5H,1H3. The summed E-state index contributed by atoms with van der Waals surface area (Å²) in [6, 6.07) is 4.79. The van der Waals surface area contributed by atoms with Crippen molar-refractivity contribution >= 4 is 18.1 Å². The fourth-order valence-electron chi connectivity index (χ4n) is 0.794. The van der Waals surface area contributed by atoms with Crippen LogP contribution in [-0.4, -0.2) is 13.6 Å². The van der Waals surface area contributed by atoms with Crippen molar-refractivity contribution in [1.29, 1.82) is 0 Å². The van der Waals surface area contributed by atoms with E-state index >= 15 is 0 Å². The molecular weight excluding hydrogens is 180 g/mol. The lowest BCUT2D eigenvalue weighted by Crippen LogP contribution is -1.92. The fraction of sp³-hybridized carbons (Fsp3) is 0.125. The first-order valence-electron chi connectivity index (χ1n) is 3.21. The Morgan fingerprint density at radius 3 is 2.75 bits per heavy atom. The van der Waals surface area contributed by atoms with Crippen LogP contribution < -0.4 is 9.47 Å². The van der Waals surface area contributed by atoms with Crippen LogP contribution in [0.4, 0.5) is 0 Å². The molecule has 0 saturated heterocycles. The summed E-state index contributed by atoms with van der Waals surface area (Å²) in [7, 11) is 1.49. The molecule has 0 radical (unpaired) electrons. The van der Waals surface area contributed by atoms with Gasteiger partial charge >= 0.3 is 0 Å². The molecule has 0 unspecified atom stereocenters. The number of hydrogen-bond donors (Lipinski definition) is 0. The molecule has 64 valence electrons. The van der Waals surface area contributed by atoms with Crippen molar-refractivity contribution in [3.05, 3.63) is 23.2 Å². The Bertz CT molecular complexity index is 286. The summed E-state index contributed by atoms with van der Waals surface area (Å²) in [5.41, 5.74) is 0. The van der Waals surface area contributed by atoms with Gasteiger partial charge in [0.25, 0.3) is 6.47 Å². The van der Waals surface area contributed by atoms with Gasteiger partial charge in [-0.1, -0.05) is 11.6 Å². The highest BCUT2D eigenvalue weighted by Gasteiger charge is 2.03. The molecule has 1 rings (SSSR count). The fourth-order valence-corrected chi connectivity index (χ4v) is 0.957. The number of halogens is 1. The molecule has 0 aromatic heterocycles. The lowest BCUT2D eigenvalue weighted by Gasteiger charge is -2.05. The molecule has 12 heavy (non-hydrogen) atoms. The van der Waals surface area contributed by atoms with Gasteiger partial charge in [0.1, 0.15) is 0 Å². The van der Waals surface area contributed by atoms with Crippen LogP contribution in [0.1, 0.15) is 0 Å². The molecule has 0 atom stereocenters. The van der Waals surface area contributed by atoms with Gasteiger partial charge in [0.05, 0.1) is 7.11 Å². The van der Waals surface area contributed by atoms with Gasteiger partial charge in [-0.05, 0) is 12.1 Å². The molecule has 0 bridgehead atoms. The van der Waals surface area contributed by atoms with Gasteiger partial charge in [-0.3, -0.25) is 4.79 Å². The third kappa shape index (κ3) is 1.89. The number of methoxy groups -OCH3 is 1. The van der Waals surface area contributed by atoms with Crippen LogP contribution in [-0.2, 0) is 4.79 Å². The number of carbonyl (C=O) groups is 1. The number of ether oxygens (including phenoxy) is 2. The molecule has 4 heteroatoms. The van der Waals surface area contributed by atoms with E-state index in [1.807, 2.05) is 0 Å². The van der Waals surface area contributed by atoms with Gasteiger partial charge in [-0.15, -0.1) is 0 Å². The first-order valence-corrected chi connectivity index (χ1v) is 3.59. The highest BCUT2D eigenvalue weighted by atomic mass is 35.5. The predicted molar refractivity (Wildman–Crippen MR) is 44.7 cm³/mol. The Hall–Kier alpha value is -1.22. The monoisotopic (exact) mass is 186 g/mol. The second-order valence-corrected chi connectivity index (χ2v) is 2.45. The second kappa shape index (κ2) is 3.97. The van der Waals surface area contributed by atoms with Crippen LogP contribution >= 0.6 is 11.6 Å². The normalized spacial score (nSPS) is 9.17. The van der Waals surface area contributed by atoms with E-state index in [-0.39, 0.29) is 0 Å². The Morgan fingerprint density at radius 1 is 1.42 bits per heavy atom. The third-order valence-corrected chi connectivity index (χ3v) is 1.54. The molecule has 0 aliphatic carbocycles. The summed E-state index contributed by atoms with van der Waals surface area (Å²) in [5.74, 6) is 0.798. The van der Waals surface area contributed by atoms with Gasteiger partial charge in [0, 0.05) is 11.1 Å². The topological polar surface area (TPSA) is 35.5 Å². The lowest BCUT2D eigenvalue weighted by molar-refractivity contribution is -0.120. The van der Waals surface area contributed by atoms with Gasteiger partial charge in [0.2, 0.25) is 0 Å². The van der Waals surface area contributed by atoms with Crippen molar-refractivity contribution in [3.63, 3.8) is 0 Å². The van der Waals surface area contributed by atoms with E-state index in [9.17, 15) is 4.79 Å². The molecule has 0 spiro atoms. The summed E-state index contributed by atoms with van der Waals surface area (Å²) in [6.07, 6.45) is 0. The van der Waals surface area contributed by atoms with E-state index in [2.05, 4.69) is 4.74 Å². The molecule has 1 aromatic carbocycles. The minimum atomic E-state index is 0.319. The van der Waals surface area contributed by atoms with Crippen molar-refractivity contribution in [2.45, 2.75) is 0 Å². The summed E-state index contributed by atoms with van der Waals surface area (Å²) in [6.45, 7) is 0.328. The molecule has 0 heterocycles. The van der Waals surface area contributed by atoms with E-state index in [0.29, 0.717) is 23.0 Å².